The van der Waals surface area contributed by atoms with Crippen LogP contribution in [0.5, 0.6) is 0 Å². The maximum atomic E-state index is 12.6. The molecule has 1 rings (SSSR count). The van der Waals surface area contributed by atoms with E-state index < -0.39 is 11.2 Å². The molecule has 0 saturated heterocycles. The van der Waals surface area contributed by atoms with Crippen LogP contribution in [0.4, 0.5) is 4.39 Å². The Bertz CT molecular complexity index is 201. The quantitative estimate of drug-likeness (QED) is 0.551. The fraction of sp³-hybridized carbons (Fsp3) is 0.500. The van der Waals surface area contributed by atoms with Gasteiger partial charge in [-0.1, -0.05) is 19.9 Å². The third kappa shape index (κ3) is 1.06. The van der Waals surface area contributed by atoms with Gasteiger partial charge in [0.2, 0.25) is 0 Å². The van der Waals surface area contributed by atoms with Gasteiger partial charge in [0.1, 0.15) is 5.76 Å². The average molecular weight is 142 g/mol. The molecular weight excluding hydrogens is 131 g/mol. The van der Waals surface area contributed by atoms with Gasteiger partial charge in [-0.15, -0.1) is 0 Å². The molecule has 0 atom stereocenters. The molecule has 10 heavy (non-hydrogen) atoms. The van der Waals surface area contributed by atoms with Crippen molar-refractivity contribution in [1.29, 1.82) is 0 Å². The molecule has 0 fully saturated rings. The Kier molecular flexibility index (Phi) is 1.55. The van der Waals surface area contributed by atoms with Crippen molar-refractivity contribution in [3.05, 3.63) is 23.7 Å². The topological polar surface area (TPSA) is 20.2 Å². The number of rotatable bonds is 0. The van der Waals surface area contributed by atoms with E-state index in [1.54, 1.807) is 6.08 Å². The Morgan fingerprint density at radius 2 is 2.20 bits per heavy atom. The lowest BCUT2D eigenvalue weighted by Gasteiger charge is -2.24. The van der Waals surface area contributed by atoms with E-state index in [0.717, 1.165) is 0 Å². The van der Waals surface area contributed by atoms with Gasteiger partial charge in [0, 0.05) is 5.41 Å². The lowest BCUT2D eigenvalue weighted by atomic mass is 9.84. The van der Waals surface area contributed by atoms with Gasteiger partial charge in [-0.3, -0.25) is 0 Å². The first-order valence-corrected chi connectivity index (χ1v) is 3.30. The average Bonchev–Trinajstić information content (AvgIpc) is 1.83. The Hall–Kier alpha value is -0.790. The van der Waals surface area contributed by atoms with E-state index in [1.165, 1.54) is 6.08 Å². The van der Waals surface area contributed by atoms with Crippen molar-refractivity contribution in [3.63, 3.8) is 0 Å². The van der Waals surface area contributed by atoms with Gasteiger partial charge in [-0.25, -0.2) is 4.39 Å². The summed E-state index contributed by atoms with van der Waals surface area (Å²) < 4.78 is 12.6. The molecule has 0 amide bonds. The summed E-state index contributed by atoms with van der Waals surface area (Å²) in [6, 6.07) is 0. The Morgan fingerprint density at radius 3 is 2.60 bits per heavy atom. The minimum Gasteiger partial charge on any atom is -0.509 e. The van der Waals surface area contributed by atoms with Crippen molar-refractivity contribution in [2.75, 3.05) is 0 Å². The van der Waals surface area contributed by atoms with Crippen molar-refractivity contribution in [3.8, 4) is 0 Å². The van der Waals surface area contributed by atoms with E-state index in [0.29, 0.717) is 6.42 Å². The largest absolute Gasteiger partial charge is 0.509 e. The van der Waals surface area contributed by atoms with E-state index in [2.05, 4.69) is 0 Å². The molecule has 0 aliphatic heterocycles. The van der Waals surface area contributed by atoms with E-state index in [1.807, 2.05) is 13.8 Å². The smallest absolute Gasteiger partial charge is 0.160 e. The fourth-order valence-electron chi connectivity index (χ4n) is 0.956. The molecule has 0 radical (unpaired) electrons. The van der Waals surface area contributed by atoms with Crippen LogP contribution in [0, 0.1) is 5.41 Å². The molecule has 0 saturated carbocycles. The van der Waals surface area contributed by atoms with Crippen LogP contribution in [-0.4, -0.2) is 5.11 Å². The van der Waals surface area contributed by atoms with Crippen LogP contribution in [-0.2, 0) is 0 Å². The summed E-state index contributed by atoms with van der Waals surface area (Å²) in [5.41, 5.74) is -0.418. The highest BCUT2D eigenvalue weighted by Crippen LogP contribution is 2.34. The van der Waals surface area contributed by atoms with Crippen molar-refractivity contribution in [2.24, 2.45) is 5.41 Å². The molecule has 0 aromatic carbocycles. The number of hydrogen-bond donors (Lipinski definition) is 1. The van der Waals surface area contributed by atoms with E-state index in [-0.39, 0.29) is 5.76 Å². The molecule has 0 heterocycles. The van der Waals surface area contributed by atoms with Crippen molar-refractivity contribution in [2.45, 2.75) is 20.3 Å². The molecule has 0 unspecified atom stereocenters. The Morgan fingerprint density at radius 1 is 1.60 bits per heavy atom. The molecule has 1 N–H and O–H groups in total. The van der Waals surface area contributed by atoms with Crippen molar-refractivity contribution in [1.82, 2.24) is 0 Å². The third-order valence-electron chi connectivity index (χ3n) is 1.76. The van der Waals surface area contributed by atoms with Crippen LogP contribution in [0.15, 0.2) is 23.7 Å². The van der Waals surface area contributed by atoms with Gasteiger partial charge >= 0.3 is 0 Å². The summed E-state index contributed by atoms with van der Waals surface area (Å²) in [4.78, 5) is 0. The summed E-state index contributed by atoms with van der Waals surface area (Å²) in [5, 5.41) is 9.16. The van der Waals surface area contributed by atoms with Crippen LogP contribution < -0.4 is 0 Å². The zero-order valence-electron chi connectivity index (χ0n) is 6.19. The highest BCUT2D eigenvalue weighted by atomic mass is 19.1. The van der Waals surface area contributed by atoms with Gasteiger partial charge in [0.15, 0.2) is 5.83 Å². The van der Waals surface area contributed by atoms with E-state index in [4.69, 9.17) is 5.11 Å². The molecular formula is C8H11FO. The zero-order valence-corrected chi connectivity index (χ0v) is 6.19. The van der Waals surface area contributed by atoms with E-state index >= 15 is 0 Å². The van der Waals surface area contributed by atoms with Crippen LogP contribution in [0.2, 0.25) is 0 Å². The van der Waals surface area contributed by atoms with Crippen LogP contribution >= 0.6 is 0 Å². The maximum Gasteiger partial charge on any atom is 0.160 e. The standard InChI is InChI=1S/C8H11FO/c1-8(2)5-3-4-6(9)7(8)10/h3-4,10H,5H2,1-2H3. The van der Waals surface area contributed by atoms with Crippen molar-refractivity contribution < 1.29 is 9.50 Å². The predicted octanol–water partition coefficient (Wildman–Crippen LogP) is 2.71. The maximum absolute atomic E-state index is 12.6. The first-order chi connectivity index (χ1) is 4.54. The second kappa shape index (κ2) is 2.11. The molecule has 0 aromatic rings. The summed E-state index contributed by atoms with van der Waals surface area (Å²) in [7, 11) is 0. The van der Waals surface area contributed by atoms with Gasteiger partial charge in [0.25, 0.3) is 0 Å². The fourth-order valence-corrected chi connectivity index (χ4v) is 0.956. The number of aliphatic hydroxyl groups is 1. The molecule has 2 heteroatoms. The van der Waals surface area contributed by atoms with Gasteiger partial charge < -0.3 is 5.11 Å². The van der Waals surface area contributed by atoms with Gasteiger partial charge in [-0.05, 0) is 12.5 Å². The minimum absolute atomic E-state index is 0.130. The number of aliphatic hydroxyl groups excluding tert-OH is 1. The number of hydrogen-bond acceptors (Lipinski definition) is 1. The SMILES string of the molecule is CC1(C)CC=CC(F)=C1O. The third-order valence-corrected chi connectivity index (χ3v) is 1.76. The monoisotopic (exact) mass is 142 g/mol. The summed E-state index contributed by atoms with van der Waals surface area (Å²) in [5.74, 6) is -0.633. The first kappa shape index (κ1) is 7.32. The molecule has 0 bridgehead atoms. The summed E-state index contributed by atoms with van der Waals surface area (Å²) >= 11 is 0. The molecule has 56 valence electrons. The number of halogens is 1. The second-order valence-electron chi connectivity index (χ2n) is 3.19. The molecule has 0 spiro atoms. The Labute approximate surface area is 59.9 Å². The molecule has 1 nitrogen and oxygen atoms in total. The molecule has 1 aliphatic rings. The Balaban J connectivity index is 2.99. The van der Waals surface area contributed by atoms with Crippen LogP contribution in [0.3, 0.4) is 0 Å². The number of allylic oxidation sites excluding steroid dienone is 4. The van der Waals surface area contributed by atoms with Crippen LogP contribution in [0.25, 0.3) is 0 Å². The lowest BCUT2D eigenvalue weighted by Crippen LogP contribution is -2.16. The normalized spacial score (nSPS) is 23.5. The van der Waals surface area contributed by atoms with Crippen molar-refractivity contribution >= 4 is 0 Å². The molecule has 0 aromatic heterocycles. The van der Waals surface area contributed by atoms with Crippen LogP contribution in [0.1, 0.15) is 20.3 Å². The minimum atomic E-state index is -0.503. The summed E-state index contributed by atoms with van der Waals surface area (Å²) in [6.45, 7) is 3.62. The zero-order chi connectivity index (χ0) is 7.78. The first-order valence-electron chi connectivity index (χ1n) is 3.30. The van der Waals surface area contributed by atoms with E-state index in [9.17, 15) is 4.39 Å². The highest BCUT2D eigenvalue weighted by Gasteiger charge is 2.27. The molecule has 1 aliphatic carbocycles. The predicted molar refractivity (Wildman–Crippen MR) is 38.3 cm³/mol. The van der Waals surface area contributed by atoms with Gasteiger partial charge in [0.05, 0.1) is 0 Å². The second-order valence-corrected chi connectivity index (χ2v) is 3.19. The van der Waals surface area contributed by atoms with Gasteiger partial charge in [-0.2, -0.15) is 0 Å². The lowest BCUT2D eigenvalue weighted by molar-refractivity contribution is 0.239. The highest BCUT2D eigenvalue weighted by molar-refractivity contribution is 5.24. The summed E-state index contributed by atoms with van der Waals surface area (Å²) in [6.07, 6.45) is 3.74.